The van der Waals surface area contributed by atoms with Crippen LogP contribution in [0.15, 0.2) is 35.5 Å². The molecule has 0 unspecified atom stereocenters. The Morgan fingerprint density at radius 1 is 0.680 bits per heavy atom. The van der Waals surface area contributed by atoms with E-state index in [1.54, 1.807) is 11.1 Å². The molecule has 0 atom stereocenters. The first-order valence-electron chi connectivity index (χ1n) is 9.17. The van der Waals surface area contributed by atoms with Crippen LogP contribution < -0.4 is 24.8 Å². The van der Waals surface area contributed by atoms with E-state index in [4.69, 9.17) is 0 Å². The quantitative estimate of drug-likeness (QED) is 0.532. The fraction of sp³-hybridized carbons (Fsp3) is 0.636. The number of hydrogen-bond acceptors (Lipinski definition) is 0. The molecule has 0 aromatic carbocycles. The fourth-order valence-corrected chi connectivity index (χ4v) is 4.52. The van der Waals surface area contributed by atoms with Gasteiger partial charge in [0.15, 0.2) is 0 Å². The van der Waals surface area contributed by atoms with E-state index >= 15 is 0 Å². The van der Waals surface area contributed by atoms with E-state index in [0.29, 0.717) is 10.8 Å². The molecule has 0 aromatic heterocycles. The molecule has 2 fully saturated rings. The normalized spacial score (nSPS) is 24.2. The van der Waals surface area contributed by atoms with Gasteiger partial charge >= 0.3 is 26.2 Å². The molecular weight excluding hydrogens is 426 g/mol. The maximum Gasteiger partial charge on any atom is 2.00 e. The number of rotatable bonds is 2. The third-order valence-electron chi connectivity index (χ3n) is 6.20. The van der Waals surface area contributed by atoms with E-state index in [1.807, 2.05) is 0 Å². The first-order chi connectivity index (χ1) is 10.6. The van der Waals surface area contributed by atoms with Crippen LogP contribution in [0, 0.1) is 23.0 Å². The smallest absolute Gasteiger partial charge is 1.00 e. The molecule has 2 saturated carbocycles. The van der Waals surface area contributed by atoms with Crippen molar-refractivity contribution in [3.63, 3.8) is 0 Å². The minimum absolute atomic E-state index is 0. The summed E-state index contributed by atoms with van der Waals surface area (Å²) in [6, 6.07) is 0. The van der Waals surface area contributed by atoms with Crippen LogP contribution in [-0.2, 0) is 26.2 Å². The van der Waals surface area contributed by atoms with Gasteiger partial charge in [-0.3, -0.25) is 12.2 Å². The Labute approximate surface area is 186 Å². The summed E-state index contributed by atoms with van der Waals surface area (Å²) in [6.45, 7) is 4.80. The molecule has 0 spiro atoms. The second-order valence-electron chi connectivity index (χ2n) is 7.96. The largest absolute Gasteiger partial charge is 2.00 e. The molecule has 0 saturated heterocycles. The first kappa shape index (κ1) is 25.4. The molecule has 0 heterocycles. The van der Waals surface area contributed by atoms with E-state index in [2.05, 4.69) is 50.3 Å². The van der Waals surface area contributed by atoms with Gasteiger partial charge in [0.05, 0.1) is 0 Å². The van der Waals surface area contributed by atoms with Crippen LogP contribution in [0.1, 0.15) is 78.1 Å². The van der Waals surface area contributed by atoms with Crippen LogP contribution in [0.5, 0.6) is 0 Å². The van der Waals surface area contributed by atoms with Crippen molar-refractivity contribution in [2.75, 3.05) is 0 Å². The summed E-state index contributed by atoms with van der Waals surface area (Å²) in [7, 11) is 0. The third kappa shape index (κ3) is 6.22. The molecule has 4 aliphatic rings. The SMILES string of the molecule is CC1(C2=CC[C-]=C2)CCCC1.CC1(C2=CC[C-]=C2)CCCC1.[Cl-].[Cl-].[Zr+2]. The van der Waals surface area contributed by atoms with Crippen LogP contribution in [0.3, 0.4) is 0 Å². The van der Waals surface area contributed by atoms with Crippen LogP contribution >= 0.6 is 0 Å². The molecule has 0 radical (unpaired) electrons. The predicted molar refractivity (Wildman–Crippen MR) is 94.2 cm³/mol. The molecule has 0 N–H and O–H groups in total. The van der Waals surface area contributed by atoms with Crippen molar-refractivity contribution in [3.05, 3.63) is 47.6 Å². The number of allylic oxidation sites excluding steroid dienone is 8. The zero-order valence-corrected chi connectivity index (χ0v) is 19.6. The van der Waals surface area contributed by atoms with E-state index in [-0.39, 0.29) is 51.0 Å². The standard InChI is InChI=1S/2C11H15.2ClH.Zr/c2*1-11(8-4-5-9-11)10-6-2-3-7-10;;;/h2*6-7H,2,4-5,8-9H2,1H3;2*1H;/q2*-1;;;+2/p-2. The van der Waals surface area contributed by atoms with Gasteiger partial charge in [-0.2, -0.15) is 23.3 Å². The molecule has 4 aliphatic carbocycles. The van der Waals surface area contributed by atoms with Crippen LogP contribution in [0.2, 0.25) is 0 Å². The molecular formula is C22H30Cl2Zr-2. The summed E-state index contributed by atoms with van der Waals surface area (Å²) < 4.78 is 0. The molecule has 25 heavy (non-hydrogen) atoms. The first-order valence-corrected chi connectivity index (χ1v) is 9.17. The zero-order valence-electron chi connectivity index (χ0n) is 15.6. The van der Waals surface area contributed by atoms with Crippen molar-refractivity contribution in [2.45, 2.75) is 78.1 Å². The number of hydrogen-bond donors (Lipinski definition) is 0. The van der Waals surface area contributed by atoms with Crippen molar-refractivity contribution in [1.82, 2.24) is 0 Å². The van der Waals surface area contributed by atoms with E-state index in [9.17, 15) is 0 Å². The van der Waals surface area contributed by atoms with Crippen molar-refractivity contribution in [2.24, 2.45) is 10.8 Å². The summed E-state index contributed by atoms with van der Waals surface area (Å²) in [4.78, 5) is 0. The molecule has 0 nitrogen and oxygen atoms in total. The van der Waals surface area contributed by atoms with Crippen LogP contribution in [-0.4, -0.2) is 0 Å². The van der Waals surface area contributed by atoms with E-state index in [0.717, 1.165) is 12.8 Å². The zero-order chi connectivity index (χ0) is 15.5. The summed E-state index contributed by atoms with van der Waals surface area (Å²) >= 11 is 0. The van der Waals surface area contributed by atoms with E-state index < -0.39 is 0 Å². The molecule has 0 amide bonds. The molecule has 0 bridgehead atoms. The summed E-state index contributed by atoms with van der Waals surface area (Å²) in [6.07, 6.45) is 28.9. The molecule has 138 valence electrons. The van der Waals surface area contributed by atoms with Gasteiger partial charge in [-0.1, -0.05) is 76.0 Å². The molecule has 4 rings (SSSR count). The van der Waals surface area contributed by atoms with Gasteiger partial charge in [-0.15, -0.1) is 12.8 Å². The van der Waals surface area contributed by atoms with Gasteiger partial charge in [0.25, 0.3) is 0 Å². The monoisotopic (exact) mass is 454 g/mol. The van der Waals surface area contributed by atoms with Gasteiger partial charge in [-0.25, -0.2) is 12.2 Å². The molecule has 3 heteroatoms. The minimum atomic E-state index is 0. The maximum absolute atomic E-state index is 3.26. The number of halogens is 2. The summed E-state index contributed by atoms with van der Waals surface area (Å²) in [5.41, 5.74) is 4.14. The van der Waals surface area contributed by atoms with Gasteiger partial charge in [-0.05, 0) is 0 Å². The van der Waals surface area contributed by atoms with Crippen molar-refractivity contribution < 1.29 is 51.0 Å². The van der Waals surface area contributed by atoms with Crippen LogP contribution in [0.25, 0.3) is 0 Å². The van der Waals surface area contributed by atoms with Gasteiger partial charge in [0.2, 0.25) is 0 Å². The van der Waals surface area contributed by atoms with Gasteiger partial charge < -0.3 is 24.8 Å². The van der Waals surface area contributed by atoms with Crippen molar-refractivity contribution in [1.29, 1.82) is 0 Å². The average Bonchev–Trinajstić information content (AvgIpc) is 3.29. The predicted octanol–water partition coefficient (Wildman–Crippen LogP) is 0.518. The fourth-order valence-electron chi connectivity index (χ4n) is 4.52. The van der Waals surface area contributed by atoms with Crippen LogP contribution in [0.4, 0.5) is 0 Å². The van der Waals surface area contributed by atoms with Gasteiger partial charge in [0.1, 0.15) is 0 Å². The van der Waals surface area contributed by atoms with Crippen molar-refractivity contribution in [3.8, 4) is 0 Å². The minimum Gasteiger partial charge on any atom is -1.00 e. The Morgan fingerprint density at radius 2 is 1.00 bits per heavy atom. The Morgan fingerprint density at radius 3 is 1.24 bits per heavy atom. The Hall–Kier alpha value is 0.423. The Balaban J connectivity index is 0.000000411. The maximum atomic E-state index is 3.26. The van der Waals surface area contributed by atoms with Crippen molar-refractivity contribution >= 4 is 0 Å². The second-order valence-corrected chi connectivity index (χ2v) is 7.96. The Bertz CT molecular complexity index is 468. The van der Waals surface area contributed by atoms with E-state index in [1.165, 1.54) is 51.4 Å². The average molecular weight is 457 g/mol. The molecule has 0 aliphatic heterocycles. The molecule has 0 aromatic rings. The van der Waals surface area contributed by atoms with Gasteiger partial charge in [0, 0.05) is 0 Å². The summed E-state index contributed by atoms with van der Waals surface area (Å²) in [5.74, 6) is 0. The Kier molecular flexibility index (Phi) is 11.5. The second kappa shape index (κ2) is 11.3. The topological polar surface area (TPSA) is 0 Å². The third-order valence-corrected chi connectivity index (χ3v) is 6.20. The summed E-state index contributed by atoms with van der Waals surface area (Å²) in [5, 5.41) is 0.